The SMILES string of the molecule is CCOc1ccc(Cc2ccccc2OCC)cc1. The largest absolute Gasteiger partial charge is 0.494 e. The first-order valence-electron chi connectivity index (χ1n) is 6.76. The molecule has 0 spiro atoms. The summed E-state index contributed by atoms with van der Waals surface area (Å²) in [6.45, 7) is 5.40. The third-order valence-electron chi connectivity index (χ3n) is 2.90. The van der Waals surface area contributed by atoms with Crippen LogP contribution in [-0.4, -0.2) is 13.2 Å². The maximum Gasteiger partial charge on any atom is 0.122 e. The normalized spacial score (nSPS) is 10.2. The molecule has 0 heterocycles. The Morgan fingerprint density at radius 1 is 0.789 bits per heavy atom. The highest BCUT2D eigenvalue weighted by atomic mass is 16.5. The van der Waals surface area contributed by atoms with Gasteiger partial charge in [-0.2, -0.15) is 0 Å². The predicted octanol–water partition coefficient (Wildman–Crippen LogP) is 4.07. The first-order valence-corrected chi connectivity index (χ1v) is 6.76. The molecule has 2 aromatic carbocycles. The zero-order chi connectivity index (χ0) is 13.5. The Bertz CT molecular complexity index is 503. The molecular weight excluding hydrogens is 236 g/mol. The summed E-state index contributed by atoms with van der Waals surface area (Å²) in [6.07, 6.45) is 0.878. The zero-order valence-corrected chi connectivity index (χ0v) is 11.6. The molecule has 0 N–H and O–H groups in total. The summed E-state index contributed by atoms with van der Waals surface area (Å²) in [7, 11) is 0. The third-order valence-corrected chi connectivity index (χ3v) is 2.90. The monoisotopic (exact) mass is 256 g/mol. The molecule has 2 nitrogen and oxygen atoms in total. The molecule has 0 atom stereocenters. The lowest BCUT2D eigenvalue weighted by atomic mass is 10.0. The Balaban J connectivity index is 2.12. The van der Waals surface area contributed by atoms with E-state index in [9.17, 15) is 0 Å². The van der Waals surface area contributed by atoms with Gasteiger partial charge in [0.1, 0.15) is 11.5 Å². The molecule has 0 aliphatic heterocycles. The van der Waals surface area contributed by atoms with Crippen molar-refractivity contribution in [3.63, 3.8) is 0 Å². The van der Waals surface area contributed by atoms with Gasteiger partial charge < -0.3 is 9.47 Å². The molecule has 0 aliphatic rings. The van der Waals surface area contributed by atoms with Gasteiger partial charge in [0.2, 0.25) is 0 Å². The van der Waals surface area contributed by atoms with Crippen LogP contribution < -0.4 is 9.47 Å². The zero-order valence-electron chi connectivity index (χ0n) is 11.6. The van der Waals surface area contributed by atoms with Gasteiger partial charge in [-0.3, -0.25) is 0 Å². The molecule has 2 rings (SSSR count). The molecule has 0 aliphatic carbocycles. The Hall–Kier alpha value is -1.96. The van der Waals surface area contributed by atoms with Crippen molar-refractivity contribution in [2.45, 2.75) is 20.3 Å². The fourth-order valence-corrected chi connectivity index (χ4v) is 2.04. The molecule has 2 heteroatoms. The van der Waals surface area contributed by atoms with Crippen LogP contribution >= 0.6 is 0 Å². The minimum absolute atomic E-state index is 0.695. The van der Waals surface area contributed by atoms with E-state index in [1.807, 2.05) is 44.2 Å². The average Bonchev–Trinajstić information content (AvgIpc) is 2.44. The van der Waals surface area contributed by atoms with Gasteiger partial charge in [-0.15, -0.1) is 0 Å². The van der Waals surface area contributed by atoms with Crippen LogP contribution in [0.1, 0.15) is 25.0 Å². The fraction of sp³-hybridized carbons (Fsp3) is 0.294. The lowest BCUT2D eigenvalue weighted by molar-refractivity contribution is 0.337. The van der Waals surface area contributed by atoms with Crippen molar-refractivity contribution in [3.05, 3.63) is 59.7 Å². The minimum atomic E-state index is 0.695. The van der Waals surface area contributed by atoms with Crippen LogP contribution in [0.25, 0.3) is 0 Å². The number of ether oxygens (including phenoxy) is 2. The molecule has 0 aromatic heterocycles. The second-order valence-electron chi connectivity index (χ2n) is 4.29. The smallest absolute Gasteiger partial charge is 0.122 e. The van der Waals surface area contributed by atoms with Crippen molar-refractivity contribution in [1.29, 1.82) is 0 Å². The van der Waals surface area contributed by atoms with Crippen LogP contribution in [0.5, 0.6) is 11.5 Å². The van der Waals surface area contributed by atoms with Gasteiger partial charge in [0.05, 0.1) is 13.2 Å². The summed E-state index contributed by atoms with van der Waals surface area (Å²) in [5.74, 6) is 1.89. The van der Waals surface area contributed by atoms with Gasteiger partial charge in [-0.1, -0.05) is 30.3 Å². The van der Waals surface area contributed by atoms with E-state index in [0.29, 0.717) is 13.2 Å². The molecule has 0 amide bonds. The van der Waals surface area contributed by atoms with Crippen LogP contribution in [0.2, 0.25) is 0 Å². The van der Waals surface area contributed by atoms with E-state index in [0.717, 1.165) is 17.9 Å². The number of hydrogen-bond donors (Lipinski definition) is 0. The average molecular weight is 256 g/mol. The Morgan fingerprint density at radius 3 is 2.16 bits per heavy atom. The highest BCUT2D eigenvalue weighted by molar-refractivity contribution is 5.38. The van der Waals surface area contributed by atoms with E-state index >= 15 is 0 Å². The van der Waals surface area contributed by atoms with Crippen LogP contribution in [0.3, 0.4) is 0 Å². The summed E-state index contributed by atoms with van der Waals surface area (Å²) < 4.78 is 11.1. The van der Waals surface area contributed by atoms with Crippen molar-refractivity contribution >= 4 is 0 Å². The van der Waals surface area contributed by atoms with Crippen LogP contribution in [0.15, 0.2) is 48.5 Å². The van der Waals surface area contributed by atoms with Crippen molar-refractivity contribution in [2.24, 2.45) is 0 Å². The van der Waals surface area contributed by atoms with E-state index in [2.05, 4.69) is 18.2 Å². The number of para-hydroxylation sites is 1. The molecule has 100 valence electrons. The summed E-state index contributed by atoms with van der Waals surface area (Å²) >= 11 is 0. The highest BCUT2D eigenvalue weighted by Gasteiger charge is 2.04. The molecule has 0 saturated carbocycles. The molecule has 19 heavy (non-hydrogen) atoms. The summed E-state index contributed by atoms with van der Waals surface area (Å²) in [6, 6.07) is 16.4. The van der Waals surface area contributed by atoms with Crippen molar-refractivity contribution in [2.75, 3.05) is 13.2 Å². The molecule has 0 radical (unpaired) electrons. The first-order chi connectivity index (χ1) is 9.33. The lowest BCUT2D eigenvalue weighted by Gasteiger charge is -2.10. The van der Waals surface area contributed by atoms with Gasteiger partial charge in [-0.25, -0.2) is 0 Å². The van der Waals surface area contributed by atoms with Gasteiger partial charge >= 0.3 is 0 Å². The third kappa shape index (κ3) is 3.75. The quantitative estimate of drug-likeness (QED) is 0.775. The standard InChI is InChI=1S/C17H20O2/c1-3-18-16-11-9-14(10-12-16)13-15-7-5-6-8-17(15)19-4-2/h5-12H,3-4,13H2,1-2H3. The van der Waals surface area contributed by atoms with E-state index < -0.39 is 0 Å². The van der Waals surface area contributed by atoms with E-state index in [1.54, 1.807) is 0 Å². The Labute approximate surface area is 115 Å². The molecule has 0 saturated heterocycles. The number of rotatable bonds is 6. The van der Waals surface area contributed by atoms with Gasteiger partial charge in [0.15, 0.2) is 0 Å². The van der Waals surface area contributed by atoms with Gasteiger partial charge in [0.25, 0.3) is 0 Å². The number of hydrogen-bond acceptors (Lipinski definition) is 2. The summed E-state index contributed by atoms with van der Waals surface area (Å²) in [5, 5.41) is 0. The van der Waals surface area contributed by atoms with Crippen molar-refractivity contribution < 1.29 is 9.47 Å². The first kappa shape index (κ1) is 13.5. The predicted molar refractivity (Wildman–Crippen MR) is 78.0 cm³/mol. The van der Waals surface area contributed by atoms with Crippen LogP contribution in [0.4, 0.5) is 0 Å². The summed E-state index contributed by atoms with van der Waals surface area (Å²) in [5.41, 5.74) is 2.48. The molecule has 0 bridgehead atoms. The summed E-state index contributed by atoms with van der Waals surface area (Å²) in [4.78, 5) is 0. The van der Waals surface area contributed by atoms with Crippen molar-refractivity contribution in [1.82, 2.24) is 0 Å². The van der Waals surface area contributed by atoms with Gasteiger partial charge in [0, 0.05) is 6.42 Å². The molecule has 0 fully saturated rings. The fourth-order valence-electron chi connectivity index (χ4n) is 2.04. The second kappa shape index (κ2) is 6.83. The number of benzene rings is 2. The van der Waals surface area contributed by atoms with E-state index in [-0.39, 0.29) is 0 Å². The van der Waals surface area contributed by atoms with Crippen LogP contribution in [-0.2, 0) is 6.42 Å². The Kier molecular flexibility index (Phi) is 4.85. The topological polar surface area (TPSA) is 18.5 Å². The maximum atomic E-state index is 5.65. The van der Waals surface area contributed by atoms with E-state index in [1.165, 1.54) is 11.1 Å². The lowest BCUT2D eigenvalue weighted by Crippen LogP contribution is -1.97. The minimum Gasteiger partial charge on any atom is -0.494 e. The van der Waals surface area contributed by atoms with Crippen LogP contribution in [0, 0.1) is 0 Å². The molecular formula is C17H20O2. The van der Waals surface area contributed by atoms with Crippen molar-refractivity contribution in [3.8, 4) is 11.5 Å². The van der Waals surface area contributed by atoms with E-state index in [4.69, 9.17) is 9.47 Å². The highest BCUT2D eigenvalue weighted by Crippen LogP contribution is 2.22. The second-order valence-corrected chi connectivity index (χ2v) is 4.29. The molecule has 2 aromatic rings. The molecule has 0 unspecified atom stereocenters. The maximum absolute atomic E-state index is 5.65. The Morgan fingerprint density at radius 2 is 1.47 bits per heavy atom. The van der Waals surface area contributed by atoms with Gasteiger partial charge in [-0.05, 0) is 43.2 Å².